The lowest BCUT2D eigenvalue weighted by molar-refractivity contribution is -0.143. The Balaban J connectivity index is 2.08. The van der Waals surface area contributed by atoms with E-state index in [4.69, 9.17) is 0 Å². The van der Waals surface area contributed by atoms with Gasteiger partial charge in [-0.1, -0.05) is 0 Å². The van der Waals surface area contributed by atoms with Gasteiger partial charge in [-0.2, -0.15) is 35.7 Å². The zero-order chi connectivity index (χ0) is 20.0. The van der Waals surface area contributed by atoms with E-state index >= 15 is 0 Å². The summed E-state index contributed by atoms with van der Waals surface area (Å²) in [7, 11) is -4.62. The minimum absolute atomic E-state index is 0.0923. The maximum Gasteiger partial charge on any atom is 0.416 e. The lowest BCUT2D eigenvalue weighted by atomic mass is 10.1. The molecule has 0 N–H and O–H groups in total. The molecule has 0 radical (unpaired) electrons. The predicted octanol–water partition coefficient (Wildman–Crippen LogP) is 2.91. The molecule has 0 aliphatic carbocycles. The van der Waals surface area contributed by atoms with E-state index in [9.17, 15) is 34.8 Å². The summed E-state index contributed by atoms with van der Waals surface area (Å²) >= 11 is 0. The summed E-state index contributed by atoms with van der Waals surface area (Å²) in [6, 6.07) is 0.304. The van der Waals surface area contributed by atoms with Crippen LogP contribution in [0.15, 0.2) is 29.4 Å². The van der Waals surface area contributed by atoms with Crippen LogP contribution in [0, 0.1) is 0 Å². The molecule has 1 aromatic heterocycles. The van der Waals surface area contributed by atoms with E-state index < -0.39 is 38.4 Å². The van der Waals surface area contributed by atoms with Crippen LogP contribution in [0.25, 0.3) is 0 Å². The highest BCUT2D eigenvalue weighted by Gasteiger charge is 2.39. The molecule has 0 spiro atoms. The maximum absolute atomic E-state index is 13.0. The summed E-state index contributed by atoms with van der Waals surface area (Å²) in [5, 5.41) is 3.89. The molecule has 0 amide bonds. The van der Waals surface area contributed by atoms with Gasteiger partial charge in [0.15, 0.2) is 0 Å². The molecule has 0 unspecified atom stereocenters. The van der Waals surface area contributed by atoms with Gasteiger partial charge in [0.05, 0.1) is 22.6 Å². The summed E-state index contributed by atoms with van der Waals surface area (Å²) < 4.78 is 106. The van der Waals surface area contributed by atoms with Gasteiger partial charge in [0.2, 0.25) is 10.0 Å². The van der Waals surface area contributed by atoms with E-state index in [2.05, 4.69) is 10.1 Å². The van der Waals surface area contributed by atoms with Crippen molar-refractivity contribution in [2.75, 3.05) is 6.54 Å². The fraction of sp³-hybridized carbons (Fsp3) is 0.429. The molecular weight excluding hydrogens is 402 g/mol. The van der Waals surface area contributed by atoms with E-state index in [-0.39, 0.29) is 43.5 Å². The third-order valence-electron chi connectivity index (χ3n) is 3.99. The number of sulfonamides is 1. The Bertz CT molecular complexity index is 919. The smallest absolute Gasteiger partial charge is 0.249 e. The standard InChI is InChI=1S/C14H12F6N4O2S/c15-13(16,17)9-4-10(14(18,19)20)6-11(5-9)27(25,26)23-2-1-3-24-12(7-23)21-8-22-24/h4-6,8H,1-3,7H2. The number of aryl methyl sites for hydroxylation is 1. The number of hydrogen-bond acceptors (Lipinski definition) is 4. The number of hydrogen-bond donors (Lipinski definition) is 0. The molecule has 13 heteroatoms. The van der Waals surface area contributed by atoms with Crippen molar-refractivity contribution in [2.45, 2.75) is 36.8 Å². The number of halogens is 6. The van der Waals surface area contributed by atoms with Crippen molar-refractivity contribution in [2.24, 2.45) is 0 Å². The molecule has 2 heterocycles. The Morgan fingerprint density at radius 2 is 1.52 bits per heavy atom. The fourth-order valence-corrected chi connectivity index (χ4v) is 4.17. The van der Waals surface area contributed by atoms with Gasteiger partial charge >= 0.3 is 12.4 Å². The average molecular weight is 414 g/mol. The SMILES string of the molecule is O=S(=O)(c1cc(C(F)(F)F)cc(C(F)(F)F)c1)N1CCCn2ncnc2C1. The Hall–Kier alpha value is -2.15. The zero-order valence-electron chi connectivity index (χ0n) is 13.4. The molecule has 148 valence electrons. The van der Waals surface area contributed by atoms with E-state index in [0.717, 1.165) is 4.31 Å². The topological polar surface area (TPSA) is 68.1 Å². The van der Waals surface area contributed by atoms with E-state index in [0.29, 0.717) is 6.54 Å². The van der Waals surface area contributed by atoms with Crippen molar-refractivity contribution in [3.63, 3.8) is 0 Å². The van der Waals surface area contributed by atoms with Gasteiger partial charge in [-0.15, -0.1) is 0 Å². The average Bonchev–Trinajstić information content (AvgIpc) is 2.89. The number of rotatable bonds is 2. The largest absolute Gasteiger partial charge is 0.416 e. The quantitative estimate of drug-likeness (QED) is 0.709. The van der Waals surface area contributed by atoms with Crippen LogP contribution >= 0.6 is 0 Å². The highest BCUT2D eigenvalue weighted by Crippen LogP contribution is 2.38. The molecule has 0 saturated carbocycles. The molecule has 0 fully saturated rings. The highest BCUT2D eigenvalue weighted by atomic mass is 32.2. The predicted molar refractivity (Wildman–Crippen MR) is 78.7 cm³/mol. The molecule has 27 heavy (non-hydrogen) atoms. The lowest BCUT2D eigenvalue weighted by Crippen LogP contribution is -2.31. The van der Waals surface area contributed by atoms with Crippen LogP contribution < -0.4 is 0 Å². The van der Waals surface area contributed by atoms with Gasteiger partial charge in [0.1, 0.15) is 12.2 Å². The van der Waals surface area contributed by atoms with E-state index in [1.165, 1.54) is 11.0 Å². The van der Waals surface area contributed by atoms with Gasteiger partial charge in [-0.05, 0) is 24.6 Å². The fourth-order valence-electron chi connectivity index (χ4n) is 2.66. The second kappa shape index (κ2) is 6.48. The normalized spacial score (nSPS) is 16.8. The molecule has 6 nitrogen and oxygen atoms in total. The minimum atomic E-state index is -5.13. The van der Waals surface area contributed by atoms with Gasteiger partial charge in [0, 0.05) is 13.1 Å². The summed E-state index contributed by atoms with van der Waals surface area (Å²) in [5.41, 5.74) is -3.37. The van der Waals surface area contributed by atoms with Crippen LogP contribution in [0.4, 0.5) is 26.3 Å². The second-order valence-electron chi connectivity index (χ2n) is 5.83. The first kappa shape index (κ1) is 19.6. The first-order valence-electron chi connectivity index (χ1n) is 7.55. The molecule has 2 aromatic rings. The second-order valence-corrected chi connectivity index (χ2v) is 7.77. The number of aromatic nitrogens is 3. The van der Waals surface area contributed by atoms with Crippen molar-refractivity contribution in [1.29, 1.82) is 0 Å². The Morgan fingerprint density at radius 3 is 2.07 bits per heavy atom. The van der Waals surface area contributed by atoms with Crippen LogP contribution in [-0.4, -0.2) is 34.0 Å². The van der Waals surface area contributed by atoms with E-state index in [1.807, 2.05) is 0 Å². The monoisotopic (exact) mass is 414 g/mol. The third-order valence-corrected chi connectivity index (χ3v) is 5.81. The van der Waals surface area contributed by atoms with Crippen LogP contribution in [0.2, 0.25) is 0 Å². The molecule has 3 rings (SSSR count). The zero-order valence-corrected chi connectivity index (χ0v) is 14.2. The van der Waals surface area contributed by atoms with Crippen molar-refractivity contribution >= 4 is 10.0 Å². The summed E-state index contributed by atoms with van der Waals surface area (Å²) in [4.78, 5) is 2.80. The van der Waals surface area contributed by atoms with Crippen molar-refractivity contribution in [3.8, 4) is 0 Å². The number of nitrogens with zero attached hydrogens (tertiary/aromatic N) is 4. The van der Waals surface area contributed by atoms with Crippen molar-refractivity contribution < 1.29 is 34.8 Å². The van der Waals surface area contributed by atoms with Crippen LogP contribution in [0.1, 0.15) is 23.4 Å². The molecule has 0 atom stereocenters. The van der Waals surface area contributed by atoms with Crippen LogP contribution in [0.5, 0.6) is 0 Å². The van der Waals surface area contributed by atoms with Gasteiger partial charge in [-0.25, -0.2) is 18.1 Å². The highest BCUT2D eigenvalue weighted by molar-refractivity contribution is 7.89. The number of alkyl halides is 6. The molecule has 1 aliphatic heterocycles. The van der Waals surface area contributed by atoms with Crippen molar-refractivity contribution in [1.82, 2.24) is 19.1 Å². The molecule has 0 saturated heterocycles. The van der Waals surface area contributed by atoms with Crippen LogP contribution in [-0.2, 0) is 35.5 Å². The lowest BCUT2D eigenvalue weighted by Gasteiger charge is -2.21. The van der Waals surface area contributed by atoms with Gasteiger partial charge in [-0.3, -0.25) is 0 Å². The van der Waals surface area contributed by atoms with Gasteiger partial charge in [0.25, 0.3) is 0 Å². The molecule has 1 aromatic carbocycles. The third kappa shape index (κ3) is 3.93. The summed E-state index contributed by atoms with van der Waals surface area (Å²) in [6.45, 7) is -0.0668. The van der Waals surface area contributed by atoms with Crippen LogP contribution in [0.3, 0.4) is 0 Å². The first-order chi connectivity index (χ1) is 12.4. The Morgan fingerprint density at radius 1 is 0.926 bits per heavy atom. The van der Waals surface area contributed by atoms with E-state index in [1.54, 1.807) is 0 Å². The Kier molecular flexibility index (Phi) is 4.70. The summed E-state index contributed by atoms with van der Waals surface area (Å²) in [6.07, 6.45) is -8.80. The number of fused-ring (bicyclic) bond motifs is 1. The number of benzene rings is 1. The first-order valence-corrected chi connectivity index (χ1v) is 8.99. The Labute approximate surface area is 149 Å². The molecule has 0 bridgehead atoms. The molecule has 1 aliphatic rings. The van der Waals surface area contributed by atoms with Crippen molar-refractivity contribution in [3.05, 3.63) is 41.5 Å². The minimum Gasteiger partial charge on any atom is -0.249 e. The molecular formula is C14H12F6N4O2S. The maximum atomic E-state index is 13.0. The van der Waals surface area contributed by atoms with Gasteiger partial charge < -0.3 is 0 Å². The summed E-state index contributed by atoms with van der Waals surface area (Å²) in [5.74, 6) is 0.249.